The number of guanidine groups is 1. The molecule has 0 atom stereocenters. The number of aliphatic imine (C=N–C) groups is 1. The van der Waals surface area contributed by atoms with Crippen molar-refractivity contribution in [2.24, 2.45) is 4.99 Å². The summed E-state index contributed by atoms with van der Waals surface area (Å²) >= 11 is 0. The number of hydrogen-bond acceptors (Lipinski definition) is 4. The smallest absolute Gasteiger partial charge is 0.191 e. The predicted octanol–water partition coefficient (Wildman–Crippen LogP) is 1.24. The van der Waals surface area contributed by atoms with Crippen LogP contribution in [0, 0.1) is 13.8 Å². The molecule has 0 radical (unpaired) electrons. The molecule has 132 valence electrons. The summed E-state index contributed by atoms with van der Waals surface area (Å²) < 4.78 is 12.4. The molecule has 0 fully saturated rings. The van der Waals surface area contributed by atoms with E-state index >= 15 is 0 Å². The van der Waals surface area contributed by atoms with Crippen molar-refractivity contribution in [3.8, 4) is 0 Å². The van der Waals surface area contributed by atoms with Crippen LogP contribution in [0.2, 0.25) is 0 Å². The highest BCUT2D eigenvalue weighted by Crippen LogP contribution is 2.12. The van der Waals surface area contributed by atoms with Crippen LogP contribution in [0.5, 0.6) is 0 Å². The topological polar surface area (TPSA) is 72.7 Å². The minimum Gasteiger partial charge on any atom is -0.383 e. The Balaban J connectivity index is 2.47. The van der Waals surface area contributed by atoms with Crippen molar-refractivity contribution in [1.82, 2.24) is 20.4 Å². The van der Waals surface area contributed by atoms with Gasteiger partial charge in [-0.1, -0.05) is 0 Å². The zero-order chi connectivity index (χ0) is 17.1. The zero-order valence-corrected chi connectivity index (χ0v) is 15.1. The second kappa shape index (κ2) is 11.0. The highest BCUT2D eigenvalue weighted by atomic mass is 16.5. The maximum Gasteiger partial charge on any atom is 0.191 e. The molecule has 0 saturated carbocycles. The van der Waals surface area contributed by atoms with E-state index in [1.165, 1.54) is 11.3 Å². The molecule has 23 heavy (non-hydrogen) atoms. The molecule has 2 N–H and O–H groups in total. The maximum atomic E-state index is 5.32. The molecule has 0 aromatic carbocycles. The van der Waals surface area contributed by atoms with E-state index in [1.54, 1.807) is 14.2 Å². The molecule has 1 aromatic heterocycles. The molecule has 0 unspecified atom stereocenters. The SMILES string of the molecule is CCOCCCNC(=NC)NCc1c(C)nn(CCOC)c1C. The van der Waals surface area contributed by atoms with E-state index in [4.69, 9.17) is 9.47 Å². The lowest BCUT2D eigenvalue weighted by molar-refractivity contribution is 0.145. The standard InChI is InChI=1S/C16H31N5O2/c1-6-23-10-7-8-18-16(17-4)19-12-15-13(2)20-21(14(15)3)9-11-22-5/h6-12H2,1-5H3,(H2,17,18,19). The number of rotatable bonds is 10. The Morgan fingerprint density at radius 1 is 1.26 bits per heavy atom. The summed E-state index contributed by atoms with van der Waals surface area (Å²) in [6.45, 7) is 10.6. The molecule has 0 aliphatic carbocycles. The van der Waals surface area contributed by atoms with Gasteiger partial charge in [-0.3, -0.25) is 9.67 Å². The third-order valence-corrected chi connectivity index (χ3v) is 3.66. The van der Waals surface area contributed by atoms with E-state index < -0.39 is 0 Å². The van der Waals surface area contributed by atoms with Crippen LogP contribution >= 0.6 is 0 Å². The van der Waals surface area contributed by atoms with E-state index in [2.05, 4.69) is 27.6 Å². The molecular formula is C16H31N5O2. The average Bonchev–Trinajstić information content (AvgIpc) is 2.82. The van der Waals surface area contributed by atoms with Gasteiger partial charge in [-0.25, -0.2) is 0 Å². The third kappa shape index (κ3) is 6.58. The van der Waals surface area contributed by atoms with E-state index in [-0.39, 0.29) is 0 Å². The number of hydrogen-bond donors (Lipinski definition) is 2. The average molecular weight is 325 g/mol. The van der Waals surface area contributed by atoms with Crippen molar-refractivity contribution >= 4 is 5.96 Å². The number of methoxy groups -OCH3 is 1. The van der Waals surface area contributed by atoms with Gasteiger partial charge < -0.3 is 20.1 Å². The molecule has 1 rings (SSSR count). The fourth-order valence-corrected chi connectivity index (χ4v) is 2.30. The third-order valence-electron chi connectivity index (χ3n) is 3.66. The van der Waals surface area contributed by atoms with Gasteiger partial charge in [0.2, 0.25) is 0 Å². The van der Waals surface area contributed by atoms with Crippen molar-refractivity contribution in [3.05, 3.63) is 17.0 Å². The summed E-state index contributed by atoms with van der Waals surface area (Å²) in [6.07, 6.45) is 0.960. The molecule has 0 aliphatic rings. The maximum absolute atomic E-state index is 5.32. The van der Waals surface area contributed by atoms with Crippen LogP contribution in [-0.2, 0) is 22.6 Å². The number of ether oxygens (including phenoxy) is 2. The van der Waals surface area contributed by atoms with Crippen LogP contribution in [0.15, 0.2) is 4.99 Å². The molecule has 0 aliphatic heterocycles. The Morgan fingerprint density at radius 3 is 2.70 bits per heavy atom. The van der Waals surface area contributed by atoms with Crippen LogP contribution in [0.4, 0.5) is 0 Å². The van der Waals surface area contributed by atoms with Gasteiger partial charge in [0.05, 0.1) is 18.8 Å². The largest absolute Gasteiger partial charge is 0.383 e. The summed E-state index contributed by atoms with van der Waals surface area (Å²) in [5, 5.41) is 11.2. The monoisotopic (exact) mass is 325 g/mol. The van der Waals surface area contributed by atoms with Crippen molar-refractivity contribution in [1.29, 1.82) is 0 Å². The lowest BCUT2D eigenvalue weighted by atomic mass is 10.2. The molecule has 0 saturated heterocycles. The lowest BCUT2D eigenvalue weighted by Gasteiger charge is -2.12. The number of aryl methyl sites for hydroxylation is 1. The number of nitrogens with zero attached hydrogens (tertiary/aromatic N) is 3. The Labute approximate surface area is 139 Å². The van der Waals surface area contributed by atoms with Gasteiger partial charge in [0.25, 0.3) is 0 Å². The van der Waals surface area contributed by atoms with Gasteiger partial charge in [-0.05, 0) is 27.2 Å². The van der Waals surface area contributed by atoms with E-state index in [0.29, 0.717) is 13.2 Å². The molecule has 0 bridgehead atoms. The van der Waals surface area contributed by atoms with Crippen molar-refractivity contribution in [2.45, 2.75) is 40.3 Å². The highest BCUT2D eigenvalue weighted by Gasteiger charge is 2.11. The number of aromatic nitrogens is 2. The Kier molecular flexibility index (Phi) is 9.31. The lowest BCUT2D eigenvalue weighted by Crippen LogP contribution is -2.37. The van der Waals surface area contributed by atoms with Gasteiger partial charge in [0.15, 0.2) is 5.96 Å². The Morgan fingerprint density at radius 2 is 2.04 bits per heavy atom. The minimum absolute atomic E-state index is 0.665. The zero-order valence-electron chi connectivity index (χ0n) is 15.1. The summed E-state index contributed by atoms with van der Waals surface area (Å²) in [4.78, 5) is 4.24. The second-order valence-electron chi connectivity index (χ2n) is 5.27. The molecule has 1 heterocycles. The van der Waals surface area contributed by atoms with E-state index in [1.807, 2.05) is 18.5 Å². The first-order chi connectivity index (χ1) is 11.1. The molecular weight excluding hydrogens is 294 g/mol. The molecule has 7 nitrogen and oxygen atoms in total. The summed E-state index contributed by atoms with van der Waals surface area (Å²) in [5.74, 6) is 0.796. The van der Waals surface area contributed by atoms with Crippen LogP contribution in [-0.4, -0.2) is 56.3 Å². The fraction of sp³-hybridized carbons (Fsp3) is 0.750. The highest BCUT2D eigenvalue weighted by molar-refractivity contribution is 5.79. The summed E-state index contributed by atoms with van der Waals surface area (Å²) in [5.41, 5.74) is 3.41. The molecule has 0 spiro atoms. The van der Waals surface area contributed by atoms with Gasteiger partial charge in [-0.15, -0.1) is 0 Å². The first-order valence-electron chi connectivity index (χ1n) is 8.18. The first kappa shape index (κ1) is 19.4. The molecule has 0 amide bonds. The van der Waals surface area contributed by atoms with Gasteiger partial charge in [0, 0.05) is 51.7 Å². The minimum atomic E-state index is 0.665. The predicted molar refractivity (Wildman–Crippen MR) is 92.9 cm³/mol. The normalized spacial score (nSPS) is 11.8. The molecule has 7 heteroatoms. The van der Waals surface area contributed by atoms with Crippen molar-refractivity contribution in [3.63, 3.8) is 0 Å². The summed E-state index contributed by atoms with van der Waals surface area (Å²) in [6, 6.07) is 0. The molecule has 1 aromatic rings. The Bertz CT molecular complexity index is 485. The van der Waals surface area contributed by atoms with Crippen LogP contribution in [0.1, 0.15) is 30.3 Å². The fourth-order valence-electron chi connectivity index (χ4n) is 2.30. The quantitative estimate of drug-likeness (QED) is 0.385. The van der Waals surface area contributed by atoms with Crippen molar-refractivity contribution < 1.29 is 9.47 Å². The van der Waals surface area contributed by atoms with Gasteiger partial charge in [-0.2, -0.15) is 5.10 Å². The van der Waals surface area contributed by atoms with E-state index in [9.17, 15) is 0 Å². The van der Waals surface area contributed by atoms with Crippen LogP contribution in [0.25, 0.3) is 0 Å². The first-order valence-corrected chi connectivity index (χ1v) is 8.18. The Hall–Kier alpha value is -1.60. The van der Waals surface area contributed by atoms with Gasteiger partial charge in [0.1, 0.15) is 0 Å². The van der Waals surface area contributed by atoms with E-state index in [0.717, 1.165) is 44.4 Å². The summed E-state index contributed by atoms with van der Waals surface area (Å²) in [7, 11) is 3.48. The van der Waals surface area contributed by atoms with Crippen LogP contribution < -0.4 is 10.6 Å². The van der Waals surface area contributed by atoms with Crippen LogP contribution in [0.3, 0.4) is 0 Å². The van der Waals surface area contributed by atoms with Crippen molar-refractivity contribution in [2.75, 3.05) is 40.5 Å². The second-order valence-corrected chi connectivity index (χ2v) is 5.27. The number of nitrogens with one attached hydrogen (secondary N) is 2. The van der Waals surface area contributed by atoms with Gasteiger partial charge >= 0.3 is 0 Å².